The van der Waals surface area contributed by atoms with Gasteiger partial charge >= 0.3 is 5.97 Å². The first-order valence-corrected chi connectivity index (χ1v) is 8.22. The topological polar surface area (TPSA) is 89.7 Å². The standard InChI is InChI=1S/C20H14N2O5/c1-12-10-15(27-21-12)11-26-20(25)13-6-8-14(9-7-13)22-18(23)16-4-2-3-5-17(16)19(22)24/h2-10H,11H2,1H3. The maximum absolute atomic E-state index is 12.5. The van der Waals surface area contributed by atoms with Crippen LogP contribution in [0.2, 0.25) is 0 Å². The maximum Gasteiger partial charge on any atom is 0.338 e. The van der Waals surface area contributed by atoms with Crippen molar-refractivity contribution in [2.24, 2.45) is 0 Å². The molecule has 1 aliphatic heterocycles. The van der Waals surface area contributed by atoms with E-state index >= 15 is 0 Å². The number of carbonyl (C=O) groups excluding carboxylic acids is 3. The second-order valence-electron chi connectivity index (χ2n) is 6.05. The molecule has 27 heavy (non-hydrogen) atoms. The van der Waals surface area contributed by atoms with E-state index in [1.807, 2.05) is 0 Å². The van der Waals surface area contributed by atoms with E-state index in [1.54, 1.807) is 37.3 Å². The zero-order valence-corrected chi connectivity index (χ0v) is 14.3. The molecule has 2 amide bonds. The van der Waals surface area contributed by atoms with E-state index in [0.717, 1.165) is 4.90 Å². The third-order valence-electron chi connectivity index (χ3n) is 4.18. The summed E-state index contributed by atoms with van der Waals surface area (Å²) in [5.74, 6) is -0.861. The number of carbonyl (C=O) groups is 3. The molecular weight excluding hydrogens is 348 g/mol. The van der Waals surface area contributed by atoms with Crippen LogP contribution >= 0.6 is 0 Å². The summed E-state index contributed by atoms with van der Waals surface area (Å²) in [5, 5.41) is 3.72. The first-order chi connectivity index (χ1) is 13.0. The fourth-order valence-corrected chi connectivity index (χ4v) is 2.87. The van der Waals surface area contributed by atoms with Crippen molar-refractivity contribution in [1.82, 2.24) is 5.16 Å². The highest BCUT2D eigenvalue weighted by Crippen LogP contribution is 2.28. The molecule has 134 valence electrons. The zero-order chi connectivity index (χ0) is 19.0. The summed E-state index contributed by atoms with van der Waals surface area (Å²) in [7, 11) is 0. The van der Waals surface area contributed by atoms with Gasteiger partial charge in [0.15, 0.2) is 12.4 Å². The van der Waals surface area contributed by atoms with Crippen molar-refractivity contribution in [2.75, 3.05) is 4.90 Å². The van der Waals surface area contributed by atoms with E-state index in [-0.39, 0.29) is 18.4 Å². The van der Waals surface area contributed by atoms with E-state index in [1.165, 1.54) is 24.3 Å². The highest BCUT2D eigenvalue weighted by molar-refractivity contribution is 6.34. The molecule has 3 aromatic rings. The van der Waals surface area contributed by atoms with Crippen LogP contribution in [0.15, 0.2) is 59.1 Å². The van der Waals surface area contributed by atoms with E-state index < -0.39 is 5.97 Å². The van der Waals surface area contributed by atoms with Crippen LogP contribution in [0.3, 0.4) is 0 Å². The van der Waals surface area contributed by atoms with Gasteiger partial charge in [0.2, 0.25) is 0 Å². The van der Waals surface area contributed by atoms with Crippen molar-refractivity contribution in [3.05, 3.63) is 82.7 Å². The van der Waals surface area contributed by atoms with Gasteiger partial charge in [-0.15, -0.1) is 0 Å². The Balaban J connectivity index is 1.49. The van der Waals surface area contributed by atoms with E-state index in [2.05, 4.69) is 5.16 Å². The van der Waals surface area contributed by atoms with Gasteiger partial charge in [0.25, 0.3) is 11.8 Å². The largest absolute Gasteiger partial charge is 0.454 e. The predicted molar refractivity (Wildman–Crippen MR) is 94.4 cm³/mol. The molecule has 7 nitrogen and oxygen atoms in total. The van der Waals surface area contributed by atoms with Crippen molar-refractivity contribution in [3.63, 3.8) is 0 Å². The zero-order valence-electron chi connectivity index (χ0n) is 14.3. The fraction of sp³-hybridized carbons (Fsp3) is 0.100. The van der Waals surface area contributed by atoms with Gasteiger partial charge in [-0.25, -0.2) is 9.69 Å². The number of ether oxygens (including phenoxy) is 1. The fourth-order valence-electron chi connectivity index (χ4n) is 2.87. The summed E-state index contributed by atoms with van der Waals surface area (Å²) in [4.78, 5) is 38.2. The molecule has 0 bridgehead atoms. The van der Waals surface area contributed by atoms with Crippen LogP contribution in [0.1, 0.15) is 42.5 Å². The van der Waals surface area contributed by atoms with Crippen molar-refractivity contribution in [2.45, 2.75) is 13.5 Å². The molecule has 0 saturated carbocycles. The molecule has 0 atom stereocenters. The summed E-state index contributed by atoms with van der Waals surface area (Å²) in [6.45, 7) is 1.74. The Labute approximate surface area is 154 Å². The van der Waals surface area contributed by atoms with Gasteiger partial charge in [0, 0.05) is 6.07 Å². The van der Waals surface area contributed by atoms with Crippen LogP contribution in [0.4, 0.5) is 5.69 Å². The molecule has 0 unspecified atom stereocenters. The average molecular weight is 362 g/mol. The quantitative estimate of drug-likeness (QED) is 0.523. The molecule has 0 N–H and O–H groups in total. The Morgan fingerprint density at radius 2 is 1.67 bits per heavy atom. The molecule has 0 saturated heterocycles. The molecule has 2 aromatic carbocycles. The Bertz CT molecular complexity index is 1020. The van der Waals surface area contributed by atoms with Crippen molar-refractivity contribution in [3.8, 4) is 0 Å². The highest BCUT2D eigenvalue weighted by atomic mass is 16.5. The number of anilines is 1. The molecule has 4 rings (SSSR count). The minimum absolute atomic E-state index is 0.0279. The number of rotatable bonds is 4. The first-order valence-electron chi connectivity index (χ1n) is 8.22. The van der Waals surface area contributed by atoms with Gasteiger partial charge in [-0.2, -0.15) is 0 Å². The Morgan fingerprint density at radius 1 is 1.04 bits per heavy atom. The van der Waals surface area contributed by atoms with Gasteiger partial charge in [0.1, 0.15) is 0 Å². The number of hydrogen-bond acceptors (Lipinski definition) is 6. The summed E-state index contributed by atoms with van der Waals surface area (Å²) >= 11 is 0. The van der Waals surface area contributed by atoms with Crippen LogP contribution in [-0.4, -0.2) is 22.9 Å². The number of amides is 2. The second-order valence-corrected chi connectivity index (χ2v) is 6.05. The van der Waals surface area contributed by atoms with Gasteiger partial charge in [-0.1, -0.05) is 17.3 Å². The number of aromatic nitrogens is 1. The number of benzene rings is 2. The van der Waals surface area contributed by atoms with Crippen molar-refractivity contribution >= 4 is 23.5 Å². The molecule has 0 fully saturated rings. The number of esters is 1. The van der Waals surface area contributed by atoms with Crippen molar-refractivity contribution in [1.29, 1.82) is 0 Å². The third-order valence-corrected chi connectivity index (χ3v) is 4.18. The monoisotopic (exact) mass is 362 g/mol. The number of hydrogen-bond donors (Lipinski definition) is 0. The molecule has 0 spiro atoms. The molecular formula is C20H14N2O5. The highest BCUT2D eigenvalue weighted by Gasteiger charge is 2.36. The first kappa shape index (κ1) is 16.7. The summed E-state index contributed by atoms with van der Waals surface area (Å²) in [5.41, 5.74) is 2.13. The normalized spacial score (nSPS) is 13.0. The Hall–Kier alpha value is -3.74. The molecule has 0 radical (unpaired) electrons. The number of aryl methyl sites for hydroxylation is 1. The van der Waals surface area contributed by atoms with Crippen LogP contribution in [0, 0.1) is 6.92 Å². The summed E-state index contributed by atoms with van der Waals surface area (Å²) in [6.07, 6.45) is 0. The number of nitrogens with zero attached hydrogens (tertiary/aromatic N) is 2. The third kappa shape index (κ3) is 2.99. The van der Waals surface area contributed by atoms with Gasteiger partial charge in [0.05, 0.1) is 28.1 Å². The second kappa shape index (κ2) is 6.53. The lowest BCUT2D eigenvalue weighted by molar-refractivity contribution is 0.0437. The van der Waals surface area contributed by atoms with E-state index in [4.69, 9.17) is 9.26 Å². The van der Waals surface area contributed by atoms with Gasteiger partial charge in [-0.3, -0.25) is 9.59 Å². The lowest BCUT2D eigenvalue weighted by Gasteiger charge is -2.14. The van der Waals surface area contributed by atoms with Crippen LogP contribution in [-0.2, 0) is 11.3 Å². The van der Waals surface area contributed by atoms with Gasteiger partial charge in [-0.05, 0) is 43.3 Å². The van der Waals surface area contributed by atoms with Crippen LogP contribution in [0.5, 0.6) is 0 Å². The lowest BCUT2D eigenvalue weighted by Crippen LogP contribution is -2.29. The summed E-state index contributed by atoms with van der Waals surface area (Å²) < 4.78 is 10.1. The van der Waals surface area contributed by atoms with Crippen LogP contribution in [0.25, 0.3) is 0 Å². The van der Waals surface area contributed by atoms with E-state index in [0.29, 0.717) is 33.8 Å². The Kier molecular flexibility index (Phi) is 4.04. The molecule has 1 aliphatic rings. The molecule has 0 aliphatic carbocycles. The van der Waals surface area contributed by atoms with Gasteiger partial charge < -0.3 is 9.26 Å². The summed E-state index contributed by atoms with van der Waals surface area (Å²) in [6, 6.07) is 14.4. The Morgan fingerprint density at radius 3 is 2.22 bits per heavy atom. The number of fused-ring (bicyclic) bond motifs is 1. The molecule has 1 aromatic heterocycles. The van der Waals surface area contributed by atoms with Crippen molar-refractivity contribution < 1.29 is 23.6 Å². The van der Waals surface area contributed by atoms with Crippen LogP contribution < -0.4 is 4.90 Å². The number of imide groups is 1. The SMILES string of the molecule is Cc1cc(COC(=O)c2ccc(N3C(=O)c4ccccc4C3=O)cc2)on1. The molecule has 7 heteroatoms. The smallest absolute Gasteiger partial charge is 0.338 e. The lowest BCUT2D eigenvalue weighted by atomic mass is 10.1. The van der Waals surface area contributed by atoms with E-state index in [9.17, 15) is 14.4 Å². The maximum atomic E-state index is 12.5. The minimum atomic E-state index is -0.544. The average Bonchev–Trinajstić information content (AvgIpc) is 3.22. The minimum Gasteiger partial charge on any atom is -0.454 e. The predicted octanol–water partition coefficient (Wildman–Crippen LogP) is 3.14. The molecule has 2 heterocycles.